The molecule has 0 unspecified atom stereocenters. The lowest BCUT2D eigenvalue weighted by Crippen LogP contribution is -2.46. The summed E-state index contributed by atoms with van der Waals surface area (Å²) in [7, 11) is 0. The molecule has 0 amide bonds. The second-order valence-electron chi connectivity index (χ2n) is 5.73. The van der Waals surface area contributed by atoms with Gasteiger partial charge in [-0.1, -0.05) is 27.4 Å². The topological polar surface area (TPSA) is 26.3 Å². The lowest BCUT2D eigenvalue weighted by atomic mass is 9.64. The smallest absolute Gasteiger partial charge is 0.303 e. The average molecular weight is 224 g/mol. The fraction of sp³-hybridized carbons (Fsp3) is 0.786. The van der Waals surface area contributed by atoms with E-state index in [4.69, 9.17) is 4.74 Å². The van der Waals surface area contributed by atoms with Crippen LogP contribution in [0.5, 0.6) is 0 Å². The Kier molecular flexibility index (Phi) is 3.82. The highest BCUT2D eigenvalue weighted by atomic mass is 16.6. The van der Waals surface area contributed by atoms with Crippen molar-refractivity contribution in [3.8, 4) is 0 Å². The van der Waals surface area contributed by atoms with Crippen molar-refractivity contribution in [3.05, 3.63) is 12.7 Å². The van der Waals surface area contributed by atoms with Gasteiger partial charge in [0, 0.05) is 12.8 Å². The Morgan fingerprint density at radius 3 is 2.56 bits per heavy atom. The highest BCUT2D eigenvalue weighted by Crippen LogP contribution is 2.47. The molecule has 1 saturated carbocycles. The van der Waals surface area contributed by atoms with Crippen LogP contribution in [-0.2, 0) is 9.53 Å². The second-order valence-corrected chi connectivity index (χ2v) is 5.73. The maximum Gasteiger partial charge on any atom is 0.303 e. The van der Waals surface area contributed by atoms with Crippen LogP contribution in [-0.4, -0.2) is 11.6 Å². The highest BCUT2D eigenvalue weighted by molar-refractivity contribution is 5.67. The van der Waals surface area contributed by atoms with Crippen LogP contribution < -0.4 is 0 Å². The predicted molar refractivity (Wildman–Crippen MR) is 66.1 cm³/mol. The number of ether oxygens (including phenoxy) is 1. The van der Waals surface area contributed by atoms with E-state index in [1.165, 1.54) is 6.92 Å². The molecule has 0 heterocycles. The predicted octanol–water partition coefficient (Wildman–Crippen LogP) is 3.71. The Hall–Kier alpha value is -0.790. The third kappa shape index (κ3) is 2.66. The van der Waals surface area contributed by atoms with Crippen LogP contribution in [0.1, 0.15) is 53.4 Å². The summed E-state index contributed by atoms with van der Waals surface area (Å²) >= 11 is 0. The second kappa shape index (κ2) is 4.60. The molecular weight excluding hydrogens is 200 g/mol. The molecule has 0 aliphatic heterocycles. The number of hydrogen-bond acceptors (Lipinski definition) is 2. The lowest BCUT2D eigenvalue weighted by Gasteiger charge is -2.47. The molecule has 0 aromatic rings. The molecule has 1 rings (SSSR count). The van der Waals surface area contributed by atoms with Gasteiger partial charge in [0.25, 0.3) is 0 Å². The molecule has 1 aliphatic carbocycles. The van der Waals surface area contributed by atoms with Crippen LogP contribution in [0.25, 0.3) is 0 Å². The molecule has 1 aliphatic rings. The van der Waals surface area contributed by atoms with E-state index in [1.807, 2.05) is 6.08 Å². The monoisotopic (exact) mass is 224 g/mol. The quantitative estimate of drug-likeness (QED) is 0.539. The first-order valence-electron chi connectivity index (χ1n) is 6.18. The zero-order chi connectivity index (χ0) is 12.4. The third-order valence-corrected chi connectivity index (χ3v) is 3.85. The molecule has 92 valence electrons. The van der Waals surface area contributed by atoms with Crippen LogP contribution in [0.4, 0.5) is 0 Å². The number of rotatable bonds is 3. The fourth-order valence-electron chi connectivity index (χ4n) is 2.88. The summed E-state index contributed by atoms with van der Waals surface area (Å²) in [6.07, 6.45) is 5.97. The van der Waals surface area contributed by atoms with E-state index in [2.05, 4.69) is 27.4 Å². The van der Waals surface area contributed by atoms with Gasteiger partial charge in [-0.15, -0.1) is 0 Å². The van der Waals surface area contributed by atoms with Gasteiger partial charge in [0.2, 0.25) is 0 Å². The number of hydrogen-bond donors (Lipinski definition) is 0. The zero-order valence-corrected chi connectivity index (χ0v) is 11.0. The number of carbonyl (C=O) groups is 1. The summed E-state index contributed by atoms with van der Waals surface area (Å²) in [5, 5.41) is 0. The van der Waals surface area contributed by atoms with Crippen molar-refractivity contribution in [3.63, 3.8) is 0 Å². The minimum absolute atomic E-state index is 0.196. The lowest BCUT2D eigenvalue weighted by molar-refractivity contribution is -0.164. The van der Waals surface area contributed by atoms with Crippen LogP contribution in [0, 0.1) is 11.3 Å². The van der Waals surface area contributed by atoms with Gasteiger partial charge >= 0.3 is 5.97 Å². The zero-order valence-electron chi connectivity index (χ0n) is 11.0. The first-order chi connectivity index (χ1) is 7.35. The normalized spacial score (nSPS) is 33.1. The minimum atomic E-state index is -0.421. The van der Waals surface area contributed by atoms with Crippen LogP contribution in [0.2, 0.25) is 0 Å². The summed E-state index contributed by atoms with van der Waals surface area (Å²) in [5.74, 6) is 0.204. The largest absolute Gasteiger partial charge is 0.455 e. The summed E-state index contributed by atoms with van der Waals surface area (Å²) < 4.78 is 5.57. The molecule has 0 aromatic carbocycles. The van der Waals surface area contributed by atoms with Gasteiger partial charge in [-0.25, -0.2) is 0 Å². The first kappa shape index (κ1) is 13.3. The molecule has 2 heteroatoms. The van der Waals surface area contributed by atoms with E-state index in [0.29, 0.717) is 11.3 Å². The third-order valence-electron chi connectivity index (χ3n) is 3.85. The van der Waals surface area contributed by atoms with E-state index < -0.39 is 5.60 Å². The van der Waals surface area contributed by atoms with Gasteiger partial charge in [0.1, 0.15) is 5.60 Å². The number of esters is 1. The van der Waals surface area contributed by atoms with Crippen molar-refractivity contribution in [1.82, 2.24) is 0 Å². The molecule has 0 radical (unpaired) electrons. The molecule has 2 atom stereocenters. The molecular formula is C14H24O2. The van der Waals surface area contributed by atoms with Gasteiger partial charge in [0.15, 0.2) is 0 Å². The molecule has 1 fully saturated rings. The maximum atomic E-state index is 11.2. The molecule has 2 nitrogen and oxygen atoms in total. The Morgan fingerprint density at radius 1 is 1.50 bits per heavy atom. The summed E-state index contributed by atoms with van der Waals surface area (Å²) in [4.78, 5) is 11.2. The van der Waals surface area contributed by atoms with Crippen LogP contribution in [0.15, 0.2) is 12.7 Å². The summed E-state index contributed by atoms with van der Waals surface area (Å²) in [6, 6.07) is 0. The highest BCUT2D eigenvalue weighted by Gasteiger charge is 2.45. The van der Waals surface area contributed by atoms with E-state index in [0.717, 1.165) is 25.7 Å². The SMILES string of the molecule is C=C[C@@]1(OC(C)=O)CCC(C)(C)C[C@H]1CC. The van der Waals surface area contributed by atoms with Crippen molar-refractivity contribution in [1.29, 1.82) is 0 Å². The standard InChI is InChI=1S/C14H24O2/c1-6-12-10-13(4,5)8-9-14(12,7-2)16-11(3)15/h7,12H,2,6,8-10H2,1,3-5H3/t12-,14-/m1/s1. The average Bonchev–Trinajstić information content (AvgIpc) is 2.20. The van der Waals surface area contributed by atoms with E-state index in [1.54, 1.807) is 0 Å². The van der Waals surface area contributed by atoms with Gasteiger partial charge in [-0.2, -0.15) is 0 Å². The minimum Gasteiger partial charge on any atom is -0.455 e. The van der Waals surface area contributed by atoms with Crippen LogP contribution in [0.3, 0.4) is 0 Å². The number of carbonyl (C=O) groups excluding carboxylic acids is 1. The Morgan fingerprint density at radius 2 is 2.12 bits per heavy atom. The molecule has 0 saturated heterocycles. The van der Waals surface area contributed by atoms with Crippen molar-refractivity contribution in [2.45, 2.75) is 59.0 Å². The van der Waals surface area contributed by atoms with Gasteiger partial charge < -0.3 is 4.74 Å². The van der Waals surface area contributed by atoms with Gasteiger partial charge in [-0.05, 0) is 37.2 Å². The van der Waals surface area contributed by atoms with Gasteiger partial charge in [-0.3, -0.25) is 4.79 Å². The summed E-state index contributed by atoms with van der Waals surface area (Å²) in [6.45, 7) is 12.1. The Bertz CT molecular complexity index is 280. The summed E-state index contributed by atoms with van der Waals surface area (Å²) in [5.41, 5.74) is -0.0660. The van der Waals surface area contributed by atoms with E-state index in [-0.39, 0.29) is 5.97 Å². The molecule has 0 bridgehead atoms. The Labute approximate surface area is 99.1 Å². The van der Waals surface area contributed by atoms with Crippen molar-refractivity contribution >= 4 is 5.97 Å². The Balaban J connectivity index is 2.91. The first-order valence-corrected chi connectivity index (χ1v) is 6.18. The van der Waals surface area contributed by atoms with Crippen LogP contribution >= 0.6 is 0 Å². The van der Waals surface area contributed by atoms with Crippen molar-refractivity contribution < 1.29 is 9.53 Å². The maximum absolute atomic E-state index is 11.2. The van der Waals surface area contributed by atoms with Gasteiger partial charge in [0.05, 0.1) is 0 Å². The van der Waals surface area contributed by atoms with Crippen molar-refractivity contribution in [2.24, 2.45) is 11.3 Å². The molecule has 0 N–H and O–H groups in total. The van der Waals surface area contributed by atoms with E-state index >= 15 is 0 Å². The van der Waals surface area contributed by atoms with E-state index in [9.17, 15) is 4.79 Å². The van der Waals surface area contributed by atoms with Crippen molar-refractivity contribution in [2.75, 3.05) is 0 Å². The molecule has 0 spiro atoms. The molecule has 0 aromatic heterocycles. The molecule has 16 heavy (non-hydrogen) atoms. The fourth-order valence-corrected chi connectivity index (χ4v) is 2.88.